The number of piperidine rings is 1. The highest BCUT2D eigenvalue weighted by molar-refractivity contribution is 7.89. The van der Waals surface area contributed by atoms with Gasteiger partial charge in [0.25, 0.3) is 0 Å². The summed E-state index contributed by atoms with van der Waals surface area (Å²) in [5.41, 5.74) is 0.266. The molecule has 1 atom stereocenters. The van der Waals surface area contributed by atoms with Crippen molar-refractivity contribution < 1.29 is 26.8 Å². The van der Waals surface area contributed by atoms with E-state index in [0.717, 1.165) is 18.9 Å². The third-order valence-electron chi connectivity index (χ3n) is 5.28. The van der Waals surface area contributed by atoms with E-state index in [9.17, 15) is 22.4 Å². The number of halogens is 1. The summed E-state index contributed by atoms with van der Waals surface area (Å²) in [7, 11) is -3.79. The van der Waals surface area contributed by atoms with Crippen molar-refractivity contribution in [2.75, 3.05) is 13.1 Å². The van der Waals surface area contributed by atoms with Crippen molar-refractivity contribution in [3.63, 3.8) is 0 Å². The summed E-state index contributed by atoms with van der Waals surface area (Å²) in [4.78, 5) is 23.9. The molecule has 2 heterocycles. The second kappa shape index (κ2) is 10.1. The van der Waals surface area contributed by atoms with Gasteiger partial charge in [-0.2, -0.15) is 4.31 Å². The monoisotopic (exact) mass is 451 g/mol. The van der Waals surface area contributed by atoms with Gasteiger partial charge in [-0.15, -0.1) is 0 Å². The fraction of sp³-hybridized carbons (Fsp3) is 0.429. The van der Waals surface area contributed by atoms with E-state index in [0.29, 0.717) is 25.1 Å². The lowest BCUT2D eigenvalue weighted by atomic mass is 10.0. The van der Waals surface area contributed by atoms with Crippen LogP contribution in [0.4, 0.5) is 4.39 Å². The second-order valence-electron chi connectivity index (χ2n) is 7.48. The first kappa shape index (κ1) is 23.0. The lowest BCUT2D eigenvalue weighted by molar-refractivity contribution is -0.139. The minimum absolute atomic E-state index is 0.0552. The minimum atomic E-state index is -3.79. The van der Waals surface area contributed by atoms with Crippen molar-refractivity contribution in [1.29, 1.82) is 0 Å². The van der Waals surface area contributed by atoms with Crippen LogP contribution >= 0.6 is 0 Å². The summed E-state index contributed by atoms with van der Waals surface area (Å²) in [6.07, 6.45) is 4.10. The zero-order valence-corrected chi connectivity index (χ0v) is 18.1. The number of rotatable bonds is 7. The van der Waals surface area contributed by atoms with Gasteiger partial charge in [-0.25, -0.2) is 12.8 Å². The molecule has 1 aromatic carbocycles. The highest BCUT2D eigenvalue weighted by Crippen LogP contribution is 2.27. The van der Waals surface area contributed by atoms with E-state index in [1.54, 1.807) is 12.1 Å². The summed E-state index contributed by atoms with van der Waals surface area (Å²) >= 11 is 0. The topological polar surface area (TPSA) is 109 Å². The van der Waals surface area contributed by atoms with Crippen LogP contribution in [0.2, 0.25) is 0 Å². The van der Waals surface area contributed by atoms with Crippen LogP contribution in [0.3, 0.4) is 0 Å². The molecular weight excluding hydrogens is 425 g/mol. The van der Waals surface area contributed by atoms with Crippen LogP contribution in [0.25, 0.3) is 0 Å². The first-order valence-electron chi connectivity index (χ1n) is 10.2. The predicted molar refractivity (Wildman–Crippen MR) is 111 cm³/mol. The van der Waals surface area contributed by atoms with Crippen molar-refractivity contribution in [2.45, 2.75) is 50.1 Å². The predicted octanol–water partition coefficient (Wildman–Crippen LogP) is 2.09. The third kappa shape index (κ3) is 5.71. The number of hydrogen-bond acceptors (Lipinski definition) is 5. The van der Waals surface area contributed by atoms with E-state index in [2.05, 4.69) is 10.6 Å². The fourth-order valence-corrected chi connectivity index (χ4v) is 5.39. The number of nitrogens with one attached hydrogen (secondary N) is 2. The molecule has 8 nitrogen and oxygen atoms in total. The van der Waals surface area contributed by atoms with Gasteiger partial charge in [0, 0.05) is 19.1 Å². The van der Waals surface area contributed by atoms with Gasteiger partial charge in [0.1, 0.15) is 11.6 Å². The van der Waals surface area contributed by atoms with E-state index in [-0.39, 0.29) is 29.6 Å². The first-order chi connectivity index (χ1) is 14.8. The van der Waals surface area contributed by atoms with Crippen LogP contribution in [0.5, 0.6) is 0 Å². The molecule has 1 fully saturated rings. The molecule has 1 saturated heterocycles. The molecule has 0 bridgehead atoms. The molecule has 0 radical (unpaired) electrons. The van der Waals surface area contributed by atoms with Gasteiger partial charge >= 0.3 is 11.8 Å². The van der Waals surface area contributed by atoms with Gasteiger partial charge in [0.05, 0.1) is 17.7 Å². The van der Waals surface area contributed by atoms with E-state index in [1.807, 2.05) is 0 Å². The molecule has 0 aliphatic carbocycles. The van der Waals surface area contributed by atoms with Crippen molar-refractivity contribution >= 4 is 21.8 Å². The van der Waals surface area contributed by atoms with E-state index >= 15 is 0 Å². The maximum absolute atomic E-state index is 13.6. The van der Waals surface area contributed by atoms with Crippen molar-refractivity contribution in [3.8, 4) is 0 Å². The quantitative estimate of drug-likeness (QED) is 0.627. The Morgan fingerprint density at radius 3 is 2.68 bits per heavy atom. The largest absolute Gasteiger partial charge is 0.467 e. The van der Waals surface area contributed by atoms with Crippen molar-refractivity contribution in [1.82, 2.24) is 14.9 Å². The van der Waals surface area contributed by atoms with Crippen LogP contribution in [0.1, 0.15) is 37.0 Å². The number of hydrogen-bond donors (Lipinski definition) is 2. The summed E-state index contributed by atoms with van der Waals surface area (Å²) in [5, 5.41) is 4.99. The number of sulfonamides is 1. The zero-order chi connectivity index (χ0) is 22.4. The SMILES string of the molecule is Cc1cc(S(=O)(=O)N2CCCCC2CCNC(=O)C(=O)NCc2ccco2)ccc1F. The first-order valence-corrected chi connectivity index (χ1v) is 11.6. The Hall–Kier alpha value is -2.72. The Morgan fingerprint density at radius 2 is 1.97 bits per heavy atom. The van der Waals surface area contributed by atoms with Crippen LogP contribution in [-0.2, 0) is 26.2 Å². The van der Waals surface area contributed by atoms with Crippen molar-refractivity contribution in [3.05, 3.63) is 53.7 Å². The van der Waals surface area contributed by atoms with E-state index in [1.165, 1.54) is 29.6 Å². The standard InChI is InChI=1S/C21H26FN3O5S/c1-15-13-18(7-8-19(15)22)31(28,29)25-11-3-2-5-16(25)9-10-23-20(26)21(27)24-14-17-6-4-12-30-17/h4,6-8,12-13,16H,2-3,5,9-11,14H2,1H3,(H,23,26)(H,24,27). The average Bonchev–Trinajstić information content (AvgIpc) is 3.27. The molecule has 10 heteroatoms. The number of carbonyl (C=O) groups is 2. The minimum Gasteiger partial charge on any atom is -0.467 e. The van der Waals surface area contributed by atoms with Gasteiger partial charge in [-0.1, -0.05) is 6.42 Å². The molecule has 2 amide bonds. The highest BCUT2D eigenvalue weighted by atomic mass is 32.2. The molecular formula is C21H26FN3O5S. The van der Waals surface area contributed by atoms with Crippen LogP contribution in [0.15, 0.2) is 45.9 Å². The number of furan rings is 1. The van der Waals surface area contributed by atoms with E-state index < -0.39 is 27.7 Å². The van der Waals surface area contributed by atoms with Crippen LogP contribution in [-0.4, -0.2) is 43.7 Å². The Labute approximate surface area is 180 Å². The Balaban J connectivity index is 1.56. The summed E-state index contributed by atoms with van der Waals surface area (Å²) < 4.78 is 46.3. The normalized spacial score (nSPS) is 17.3. The van der Waals surface area contributed by atoms with Gasteiger partial charge in [0.2, 0.25) is 10.0 Å². The molecule has 1 aromatic heterocycles. The maximum atomic E-state index is 13.6. The summed E-state index contributed by atoms with van der Waals surface area (Å²) in [5.74, 6) is -1.50. The molecule has 2 aromatic rings. The zero-order valence-electron chi connectivity index (χ0n) is 17.3. The van der Waals surface area contributed by atoms with Crippen LogP contribution in [0, 0.1) is 12.7 Å². The molecule has 2 N–H and O–H groups in total. The molecule has 3 rings (SSSR count). The lowest BCUT2D eigenvalue weighted by Crippen LogP contribution is -2.46. The Bertz CT molecular complexity index is 1020. The Morgan fingerprint density at radius 1 is 1.19 bits per heavy atom. The van der Waals surface area contributed by atoms with Gasteiger partial charge in [0.15, 0.2) is 0 Å². The fourth-order valence-electron chi connectivity index (χ4n) is 3.59. The Kier molecular flexibility index (Phi) is 7.45. The lowest BCUT2D eigenvalue weighted by Gasteiger charge is -2.34. The number of benzene rings is 1. The molecule has 168 valence electrons. The average molecular weight is 452 g/mol. The summed E-state index contributed by atoms with van der Waals surface area (Å²) in [6, 6.07) is 6.81. The maximum Gasteiger partial charge on any atom is 0.309 e. The van der Waals surface area contributed by atoms with Gasteiger partial charge in [-0.05, 0) is 62.1 Å². The van der Waals surface area contributed by atoms with Crippen molar-refractivity contribution in [2.24, 2.45) is 0 Å². The smallest absolute Gasteiger partial charge is 0.309 e. The molecule has 0 spiro atoms. The van der Waals surface area contributed by atoms with Gasteiger partial charge < -0.3 is 15.1 Å². The van der Waals surface area contributed by atoms with E-state index in [4.69, 9.17) is 4.42 Å². The number of carbonyl (C=O) groups excluding carboxylic acids is 2. The number of aryl methyl sites for hydroxylation is 1. The molecule has 1 aliphatic rings. The summed E-state index contributed by atoms with van der Waals surface area (Å²) in [6.45, 7) is 2.15. The second-order valence-corrected chi connectivity index (χ2v) is 9.37. The molecule has 31 heavy (non-hydrogen) atoms. The number of amides is 2. The number of nitrogens with zero attached hydrogens (tertiary/aromatic N) is 1. The molecule has 1 unspecified atom stereocenters. The van der Waals surface area contributed by atoms with Crippen LogP contribution < -0.4 is 10.6 Å². The third-order valence-corrected chi connectivity index (χ3v) is 7.23. The molecule has 0 saturated carbocycles. The molecule has 1 aliphatic heterocycles. The highest BCUT2D eigenvalue weighted by Gasteiger charge is 2.33. The van der Waals surface area contributed by atoms with Gasteiger partial charge in [-0.3, -0.25) is 9.59 Å².